The lowest BCUT2D eigenvalue weighted by atomic mass is 10.1. The van der Waals surface area contributed by atoms with Crippen LogP contribution in [0, 0.1) is 0 Å². The van der Waals surface area contributed by atoms with Gasteiger partial charge in [-0.1, -0.05) is 41.9 Å². The lowest BCUT2D eigenvalue weighted by molar-refractivity contribution is -0.710. The number of aromatic hydroxyl groups is 1. The first kappa shape index (κ1) is 16.8. The van der Waals surface area contributed by atoms with Crippen molar-refractivity contribution in [1.82, 2.24) is 9.55 Å². The van der Waals surface area contributed by atoms with Gasteiger partial charge < -0.3 is 9.84 Å². The Kier molecular flexibility index (Phi) is 4.22. The molecular formula is C19H17ClN3O3+. The number of halogens is 1. The van der Waals surface area contributed by atoms with Crippen LogP contribution in [0.5, 0.6) is 5.88 Å². The van der Waals surface area contributed by atoms with Crippen LogP contribution in [0.4, 0.5) is 0 Å². The van der Waals surface area contributed by atoms with E-state index in [1.165, 1.54) is 0 Å². The van der Waals surface area contributed by atoms with Crippen LogP contribution < -0.4 is 10.1 Å². The van der Waals surface area contributed by atoms with Gasteiger partial charge in [-0.05, 0) is 24.6 Å². The summed E-state index contributed by atoms with van der Waals surface area (Å²) < 4.78 is 9.15. The average molecular weight is 371 g/mol. The summed E-state index contributed by atoms with van der Waals surface area (Å²) in [5, 5.41) is 11.1. The minimum Gasteiger partial charge on any atom is -0.477 e. The summed E-state index contributed by atoms with van der Waals surface area (Å²) in [6.07, 6.45) is 0.989. The van der Waals surface area contributed by atoms with Gasteiger partial charge in [0.05, 0.1) is 6.54 Å². The molecule has 132 valence electrons. The van der Waals surface area contributed by atoms with E-state index in [0.29, 0.717) is 23.1 Å². The van der Waals surface area contributed by atoms with Gasteiger partial charge in [0.15, 0.2) is 12.2 Å². The SMILES string of the molecule is CC[n+]1c(O)c(-c2ccccc2)c(=O)n2c1COC2c1ccc(Cl)nc1. The fourth-order valence-corrected chi connectivity index (χ4v) is 3.42. The molecule has 3 aromatic rings. The molecule has 0 bridgehead atoms. The van der Waals surface area contributed by atoms with Crippen LogP contribution in [0.25, 0.3) is 11.1 Å². The van der Waals surface area contributed by atoms with E-state index < -0.39 is 6.23 Å². The maximum atomic E-state index is 13.3. The van der Waals surface area contributed by atoms with Crippen molar-refractivity contribution in [2.45, 2.75) is 26.3 Å². The van der Waals surface area contributed by atoms with E-state index in [1.54, 1.807) is 39.6 Å². The molecule has 0 saturated carbocycles. The molecule has 0 spiro atoms. The Morgan fingerprint density at radius 2 is 2.08 bits per heavy atom. The Bertz CT molecular complexity index is 1020. The quantitative estimate of drug-likeness (QED) is 0.568. The number of rotatable bonds is 3. The van der Waals surface area contributed by atoms with Gasteiger partial charge in [-0.2, -0.15) is 9.13 Å². The number of hydrogen-bond donors (Lipinski definition) is 1. The van der Waals surface area contributed by atoms with Gasteiger partial charge in [0.1, 0.15) is 5.15 Å². The molecule has 0 fully saturated rings. The third kappa shape index (κ3) is 2.58. The molecule has 6 nitrogen and oxygen atoms in total. The van der Waals surface area contributed by atoms with E-state index in [0.717, 1.165) is 5.56 Å². The predicted molar refractivity (Wildman–Crippen MR) is 95.8 cm³/mol. The van der Waals surface area contributed by atoms with Gasteiger partial charge in [-0.3, -0.25) is 0 Å². The Morgan fingerprint density at radius 3 is 2.73 bits per heavy atom. The summed E-state index contributed by atoms with van der Waals surface area (Å²) >= 11 is 5.87. The fourth-order valence-electron chi connectivity index (χ4n) is 3.31. The first-order valence-electron chi connectivity index (χ1n) is 8.30. The Balaban J connectivity index is 1.97. The summed E-state index contributed by atoms with van der Waals surface area (Å²) in [6, 6.07) is 12.6. The molecule has 3 heterocycles. The smallest absolute Gasteiger partial charge is 0.351 e. The van der Waals surface area contributed by atoms with Crippen LogP contribution in [-0.4, -0.2) is 14.7 Å². The van der Waals surface area contributed by atoms with Crippen molar-refractivity contribution in [1.29, 1.82) is 0 Å². The van der Waals surface area contributed by atoms with Gasteiger partial charge >= 0.3 is 5.56 Å². The van der Waals surface area contributed by atoms with E-state index in [-0.39, 0.29) is 23.6 Å². The van der Waals surface area contributed by atoms with Crippen molar-refractivity contribution < 1.29 is 14.4 Å². The maximum absolute atomic E-state index is 13.3. The molecule has 26 heavy (non-hydrogen) atoms. The zero-order valence-electron chi connectivity index (χ0n) is 14.1. The Labute approximate surface area is 154 Å². The van der Waals surface area contributed by atoms with Crippen LogP contribution >= 0.6 is 11.6 Å². The van der Waals surface area contributed by atoms with Gasteiger partial charge in [0.25, 0.3) is 11.7 Å². The van der Waals surface area contributed by atoms with Crippen LogP contribution in [-0.2, 0) is 17.9 Å². The largest absolute Gasteiger partial charge is 0.477 e. The van der Waals surface area contributed by atoms with E-state index in [2.05, 4.69) is 4.98 Å². The highest BCUT2D eigenvalue weighted by Gasteiger charge is 2.39. The lowest BCUT2D eigenvalue weighted by Gasteiger charge is -2.12. The minimum atomic E-state index is -0.608. The number of fused-ring (bicyclic) bond motifs is 1. The van der Waals surface area contributed by atoms with Crippen molar-refractivity contribution in [2.75, 3.05) is 0 Å². The van der Waals surface area contributed by atoms with E-state index >= 15 is 0 Å². The second-order valence-corrected chi connectivity index (χ2v) is 6.37. The van der Waals surface area contributed by atoms with Crippen LogP contribution in [0.1, 0.15) is 24.5 Å². The number of hydrogen-bond acceptors (Lipinski definition) is 4. The molecule has 0 radical (unpaired) electrons. The number of ether oxygens (including phenoxy) is 1. The van der Waals surface area contributed by atoms with Crippen molar-refractivity contribution in [2.24, 2.45) is 0 Å². The normalized spacial score (nSPS) is 15.8. The van der Waals surface area contributed by atoms with Crippen LogP contribution in [0.2, 0.25) is 5.15 Å². The molecule has 1 unspecified atom stereocenters. The number of benzene rings is 1. The van der Waals surface area contributed by atoms with Crippen LogP contribution in [0.15, 0.2) is 53.5 Å². The molecule has 1 aliphatic heterocycles. The lowest BCUT2D eigenvalue weighted by Crippen LogP contribution is -2.44. The number of nitrogens with zero attached hydrogens (tertiary/aromatic N) is 3. The first-order valence-corrected chi connectivity index (χ1v) is 8.68. The van der Waals surface area contributed by atoms with Crippen molar-refractivity contribution in [3.8, 4) is 17.0 Å². The highest BCUT2D eigenvalue weighted by Crippen LogP contribution is 2.30. The summed E-state index contributed by atoms with van der Waals surface area (Å²) in [5.74, 6) is 0.572. The van der Waals surface area contributed by atoms with Gasteiger partial charge in [-0.15, -0.1) is 0 Å². The molecule has 2 aromatic heterocycles. The minimum absolute atomic E-state index is 0.0477. The molecular weight excluding hydrogens is 354 g/mol. The van der Waals surface area contributed by atoms with Crippen molar-refractivity contribution >= 4 is 11.6 Å². The molecule has 0 saturated heterocycles. The standard InChI is InChI=1S/C19H16ClN3O3/c1-2-22-15-11-26-19(13-8-9-14(20)21-10-13)23(15)18(25)16(17(22)24)12-6-4-3-5-7-12/h3-10,19H,2,11H2,1H3/p+1. The monoisotopic (exact) mass is 370 g/mol. The molecule has 7 heteroatoms. The Hall–Kier alpha value is -2.70. The molecule has 1 aromatic carbocycles. The van der Waals surface area contributed by atoms with Crippen molar-refractivity contribution in [3.63, 3.8) is 0 Å². The highest BCUT2D eigenvalue weighted by molar-refractivity contribution is 6.29. The maximum Gasteiger partial charge on any atom is 0.351 e. The molecule has 4 rings (SSSR count). The first-order chi connectivity index (χ1) is 12.6. The third-order valence-electron chi connectivity index (χ3n) is 4.52. The summed E-state index contributed by atoms with van der Waals surface area (Å²) in [7, 11) is 0. The number of aromatic nitrogens is 3. The second kappa shape index (κ2) is 6.55. The molecule has 0 amide bonds. The molecule has 1 atom stereocenters. The van der Waals surface area contributed by atoms with E-state index in [1.807, 2.05) is 25.1 Å². The fraction of sp³-hybridized carbons (Fsp3) is 0.211. The topological polar surface area (TPSA) is 68.2 Å². The van der Waals surface area contributed by atoms with Gasteiger partial charge in [-0.25, -0.2) is 9.78 Å². The summed E-state index contributed by atoms with van der Waals surface area (Å²) in [6.45, 7) is 2.65. The Morgan fingerprint density at radius 1 is 1.31 bits per heavy atom. The third-order valence-corrected chi connectivity index (χ3v) is 4.74. The summed E-state index contributed by atoms with van der Waals surface area (Å²) in [4.78, 5) is 17.3. The average Bonchev–Trinajstić information content (AvgIpc) is 3.09. The zero-order valence-corrected chi connectivity index (χ0v) is 14.8. The van der Waals surface area contributed by atoms with E-state index in [4.69, 9.17) is 16.3 Å². The molecule has 0 aliphatic carbocycles. The summed E-state index contributed by atoms with van der Waals surface area (Å²) in [5.41, 5.74) is 1.34. The van der Waals surface area contributed by atoms with Crippen molar-refractivity contribution in [3.05, 3.63) is 75.6 Å². The van der Waals surface area contributed by atoms with Gasteiger partial charge in [0.2, 0.25) is 6.23 Å². The molecule has 1 N–H and O–H groups in total. The number of pyridine rings is 1. The second-order valence-electron chi connectivity index (χ2n) is 5.98. The highest BCUT2D eigenvalue weighted by atomic mass is 35.5. The van der Waals surface area contributed by atoms with E-state index in [9.17, 15) is 9.90 Å². The predicted octanol–water partition coefficient (Wildman–Crippen LogP) is 2.65. The van der Waals surface area contributed by atoms with Gasteiger partial charge in [0, 0.05) is 11.8 Å². The zero-order chi connectivity index (χ0) is 18.3. The van der Waals surface area contributed by atoms with Crippen LogP contribution in [0.3, 0.4) is 0 Å². The molecule has 1 aliphatic rings.